The van der Waals surface area contributed by atoms with Crippen molar-refractivity contribution in [3.05, 3.63) is 58.4 Å². The number of hydrogen-bond acceptors (Lipinski definition) is 7. The zero-order valence-corrected chi connectivity index (χ0v) is 15.4. The van der Waals surface area contributed by atoms with E-state index in [1.54, 1.807) is 23.7 Å². The van der Waals surface area contributed by atoms with Crippen LogP contribution in [0.2, 0.25) is 0 Å². The van der Waals surface area contributed by atoms with Gasteiger partial charge in [-0.15, -0.1) is 22.7 Å². The van der Waals surface area contributed by atoms with E-state index in [0.29, 0.717) is 16.5 Å². The number of aryl methyl sites for hydroxylation is 1. The zero-order valence-electron chi connectivity index (χ0n) is 13.8. The summed E-state index contributed by atoms with van der Waals surface area (Å²) in [6.45, 7) is 2.24. The van der Waals surface area contributed by atoms with E-state index < -0.39 is 0 Å². The Morgan fingerprint density at radius 1 is 1.19 bits per heavy atom. The van der Waals surface area contributed by atoms with Gasteiger partial charge >= 0.3 is 0 Å². The first kappa shape index (κ1) is 16.6. The molecule has 0 aromatic carbocycles. The Balaban J connectivity index is 1.40. The summed E-state index contributed by atoms with van der Waals surface area (Å²) in [5, 5.41) is 12.8. The van der Waals surface area contributed by atoms with Crippen molar-refractivity contribution in [3.8, 4) is 21.3 Å². The summed E-state index contributed by atoms with van der Waals surface area (Å²) in [4.78, 5) is 26.8. The Hall–Kier alpha value is -2.91. The van der Waals surface area contributed by atoms with Gasteiger partial charge in [0.1, 0.15) is 10.8 Å². The Morgan fingerprint density at radius 2 is 2.04 bits per heavy atom. The van der Waals surface area contributed by atoms with Crippen LogP contribution in [0.15, 0.2) is 42.0 Å². The van der Waals surface area contributed by atoms with Crippen molar-refractivity contribution < 1.29 is 4.79 Å². The van der Waals surface area contributed by atoms with Crippen molar-refractivity contribution in [3.63, 3.8) is 0 Å². The molecule has 0 aliphatic heterocycles. The highest BCUT2D eigenvalue weighted by molar-refractivity contribution is 7.22. The van der Waals surface area contributed by atoms with E-state index in [1.165, 1.54) is 11.3 Å². The second kappa shape index (κ2) is 7.14. The number of pyridine rings is 1. The number of thiazole rings is 1. The first-order chi connectivity index (χ1) is 12.7. The van der Waals surface area contributed by atoms with Gasteiger partial charge in [-0.1, -0.05) is 0 Å². The average Bonchev–Trinajstić information content (AvgIpc) is 3.40. The van der Waals surface area contributed by atoms with Crippen LogP contribution >= 0.6 is 22.7 Å². The van der Waals surface area contributed by atoms with E-state index in [4.69, 9.17) is 0 Å². The molecule has 0 radical (unpaired) electrons. The average molecular weight is 382 g/mol. The van der Waals surface area contributed by atoms with E-state index in [1.807, 2.05) is 36.6 Å². The molecule has 1 amide bonds. The van der Waals surface area contributed by atoms with E-state index >= 15 is 0 Å². The molecule has 130 valence electrons. The molecule has 0 saturated heterocycles. The number of hydrogen-bond donors (Lipinski definition) is 2. The van der Waals surface area contributed by atoms with E-state index in [9.17, 15) is 4.79 Å². The molecular formula is C17H14N6OS2. The third-order valence-electron chi connectivity index (χ3n) is 3.55. The molecule has 4 aromatic rings. The molecule has 0 spiro atoms. The van der Waals surface area contributed by atoms with Crippen molar-refractivity contribution in [2.45, 2.75) is 13.5 Å². The molecule has 4 rings (SSSR count). The topological polar surface area (TPSA) is 96.5 Å². The first-order valence-electron chi connectivity index (χ1n) is 7.81. The minimum Gasteiger partial charge on any atom is -0.344 e. The van der Waals surface area contributed by atoms with Crippen molar-refractivity contribution in [2.24, 2.45) is 0 Å². The number of aromatic amines is 1. The molecule has 0 aliphatic rings. The smallest absolute Gasteiger partial charge is 0.261 e. The third kappa shape index (κ3) is 3.53. The highest BCUT2D eigenvalue weighted by Crippen LogP contribution is 2.30. The molecule has 4 aromatic heterocycles. The number of nitrogens with one attached hydrogen (secondary N) is 2. The number of nitrogens with zero attached hydrogens (tertiary/aromatic N) is 4. The maximum atomic E-state index is 12.4. The van der Waals surface area contributed by atoms with Gasteiger partial charge in [-0.2, -0.15) is 5.10 Å². The van der Waals surface area contributed by atoms with Gasteiger partial charge in [0.25, 0.3) is 5.91 Å². The van der Waals surface area contributed by atoms with Gasteiger partial charge in [0.2, 0.25) is 0 Å². The van der Waals surface area contributed by atoms with Crippen LogP contribution in [0, 0.1) is 6.92 Å². The van der Waals surface area contributed by atoms with Crippen molar-refractivity contribution in [1.82, 2.24) is 30.5 Å². The Bertz CT molecular complexity index is 1040. The highest BCUT2D eigenvalue weighted by atomic mass is 32.1. The quantitative estimate of drug-likeness (QED) is 0.552. The number of rotatable bonds is 5. The fourth-order valence-electron chi connectivity index (χ4n) is 2.30. The van der Waals surface area contributed by atoms with Gasteiger partial charge in [-0.25, -0.2) is 9.97 Å². The lowest BCUT2D eigenvalue weighted by Crippen LogP contribution is -2.22. The first-order valence-corrected chi connectivity index (χ1v) is 9.51. The van der Waals surface area contributed by atoms with Gasteiger partial charge < -0.3 is 5.32 Å². The van der Waals surface area contributed by atoms with Crippen LogP contribution in [0.25, 0.3) is 21.3 Å². The number of H-pyrrole nitrogens is 1. The summed E-state index contributed by atoms with van der Waals surface area (Å²) in [5.41, 5.74) is 1.86. The molecular weight excluding hydrogens is 368 g/mol. The Labute approximate surface area is 157 Å². The van der Waals surface area contributed by atoms with Gasteiger partial charge in [-0.05, 0) is 31.2 Å². The molecule has 0 unspecified atom stereocenters. The zero-order chi connectivity index (χ0) is 17.9. The Morgan fingerprint density at radius 3 is 2.81 bits per heavy atom. The van der Waals surface area contributed by atoms with Crippen LogP contribution in [-0.4, -0.2) is 31.1 Å². The normalized spacial score (nSPS) is 10.8. The van der Waals surface area contributed by atoms with Gasteiger partial charge in [0, 0.05) is 29.0 Å². The lowest BCUT2D eigenvalue weighted by molar-refractivity contribution is 0.0954. The molecule has 26 heavy (non-hydrogen) atoms. The van der Waals surface area contributed by atoms with Crippen LogP contribution in [-0.2, 0) is 6.54 Å². The largest absolute Gasteiger partial charge is 0.344 e. The second-order valence-corrected chi connectivity index (χ2v) is 7.42. The summed E-state index contributed by atoms with van der Waals surface area (Å²) in [6, 6.07) is 7.40. The maximum absolute atomic E-state index is 12.4. The summed E-state index contributed by atoms with van der Waals surface area (Å²) >= 11 is 3.01. The fourth-order valence-corrected chi connectivity index (χ4v) is 4.09. The summed E-state index contributed by atoms with van der Waals surface area (Å²) in [6.07, 6.45) is 3.37. The summed E-state index contributed by atoms with van der Waals surface area (Å²) < 4.78 is 0. The number of aromatic nitrogens is 5. The molecule has 0 fully saturated rings. The number of carbonyl (C=O) groups excluding carboxylic acids is 1. The molecule has 0 aliphatic carbocycles. The van der Waals surface area contributed by atoms with E-state index in [0.717, 1.165) is 21.1 Å². The van der Waals surface area contributed by atoms with E-state index in [2.05, 4.69) is 30.5 Å². The third-order valence-corrected chi connectivity index (χ3v) is 5.76. The minimum absolute atomic E-state index is 0.142. The molecule has 0 bridgehead atoms. The van der Waals surface area contributed by atoms with Crippen LogP contribution < -0.4 is 5.32 Å². The molecule has 7 nitrogen and oxygen atoms in total. The summed E-state index contributed by atoms with van der Waals surface area (Å²) in [7, 11) is 0. The molecule has 9 heteroatoms. The van der Waals surface area contributed by atoms with Crippen LogP contribution in [0.3, 0.4) is 0 Å². The number of carbonyl (C=O) groups is 1. The predicted octanol–water partition coefficient (Wildman–Crippen LogP) is 3.29. The van der Waals surface area contributed by atoms with Crippen LogP contribution in [0.1, 0.15) is 21.2 Å². The van der Waals surface area contributed by atoms with E-state index in [-0.39, 0.29) is 12.5 Å². The molecule has 4 heterocycles. The van der Waals surface area contributed by atoms with Gasteiger partial charge in [0.05, 0.1) is 16.3 Å². The van der Waals surface area contributed by atoms with Gasteiger partial charge in [-0.3, -0.25) is 14.9 Å². The van der Waals surface area contributed by atoms with Gasteiger partial charge in [0.15, 0.2) is 5.82 Å². The molecule has 2 N–H and O–H groups in total. The predicted molar refractivity (Wildman–Crippen MR) is 101 cm³/mol. The second-order valence-electron chi connectivity index (χ2n) is 5.48. The van der Waals surface area contributed by atoms with Crippen LogP contribution in [0.4, 0.5) is 0 Å². The highest BCUT2D eigenvalue weighted by Gasteiger charge is 2.13. The fraction of sp³-hybridized carbons (Fsp3) is 0.118. The Kier molecular flexibility index (Phi) is 4.55. The van der Waals surface area contributed by atoms with Crippen LogP contribution in [0.5, 0.6) is 0 Å². The lowest BCUT2D eigenvalue weighted by Gasteiger charge is -1.99. The molecule has 0 saturated carbocycles. The number of amides is 1. The number of thiophene rings is 1. The standard InChI is InChI=1S/C17H14N6OS2/c1-10-9-25-17(20-10)13-3-2-12(26-13)16(24)19-8-14-21-15(23-22-14)11-4-6-18-7-5-11/h2-7,9H,8H2,1H3,(H,19,24)(H,21,22,23). The summed E-state index contributed by atoms with van der Waals surface area (Å²) in [5.74, 6) is 1.03. The minimum atomic E-state index is -0.142. The lowest BCUT2D eigenvalue weighted by atomic mass is 10.2. The molecule has 0 atom stereocenters. The van der Waals surface area contributed by atoms with Crippen molar-refractivity contribution in [2.75, 3.05) is 0 Å². The van der Waals surface area contributed by atoms with Crippen molar-refractivity contribution >= 4 is 28.6 Å². The monoisotopic (exact) mass is 382 g/mol. The van der Waals surface area contributed by atoms with Crippen molar-refractivity contribution in [1.29, 1.82) is 0 Å². The maximum Gasteiger partial charge on any atom is 0.261 e. The SMILES string of the molecule is Cc1csc(-c2ccc(C(=O)NCc3nc(-c4ccncc4)n[nH]3)s2)n1.